The van der Waals surface area contributed by atoms with E-state index in [0.29, 0.717) is 24.1 Å². The van der Waals surface area contributed by atoms with Crippen molar-refractivity contribution in [3.05, 3.63) is 77.4 Å². The Labute approximate surface area is 209 Å². The van der Waals surface area contributed by atoms with E-state index in [0.717, 1.165) is 54.6 Å². The number of likely N-dealkylation sites (tertiary alicyclic amines) is 1. The van der Waals surface area contributed by atoms with E-state index in [1.165, 1.54) is 17.9 Å². The molecule has 0 spiro atoms. The highest BCUT2D eigenvalue weighted by molar-refractivity contribution is 6.35. The van der Waals surface area contributed by atoms with Crippen LogP contribution in [0.15, 0.2) is 71.3 Å². The largest absolute Gasteiger partial charge is 0.343 e. The summed E-state index contributed by atoms with van der Waals surface area (Å²) in [6.07, 6.45) is 7.55. The number of anilines is 1. The van der Waals surface area contributed by atoms with Crippen molar-refractivity contribution in [1.29, 1.82) is 0 Å². The zero-order chi connectivity index (χ0) is 24.8. The number of hydrazone groups is 1. The van der Waals surface area contributed by atoms with Crippen LogP contribution in [0.3, 0.4) is 0 Å². The molecule has 2 aliphatic rings. The summed E-state index contributed by atoms with van der Waals surface area (Å²) in [6, 6.07) is 17.5. The number of carbonyl (C=O) groups excluding carboxylic acids is 2. The molecule has 1 fully saturated rings. The van der Waals surface area contributed by atoms with Crippen LogP contribution in [-0.2, 0) is 9.59 Å². The van der Waals surface area contributed by atoms with Crippen LogP contribution < -0.4 is 5.01 Å². The minimum absolute atomic E-state index is 0.146. The van der Waals surface area contributed by atoms with Crippen LogP contribution in [0.25, 0.3) is 0 Å². The average Bonchev–Trinajstić information content (AvgIpc) is 3.21. The number of benzene rings is 2. The fourth-order valence-corrected chi connectivity index (χ4v) is 5.03. The fourth-order valence-electron chi connectivity index (χ4n) is 5.03. The Morgan fingerprint density at radius 3 is 2.46 bits per heavy atom. The lowest BCUT2D eigenvalue weighted by Crippen LogP contribution is -2.38. The second kappa shape index (κ2) is 11.5. The van der Waals surface area contributed by atoms with Gasteiger partial charge in [-0.25, -0.2) is 0 Å². The van der Waals surface area contributed by atoms with Crippen molar-refractivity contribution in [1.82, 2.24) is 4.90 Å². The fraction of sp³-hybridized carbons (Fsp3) is 0.433. The van der Waals surface area contributed by atoms with Gasteiger partial charge in [0.15, 0.2) is 0 Å². The summed E-state index contributed by atoms with van der Waals surface area (Å²) in [6.45, 7) is 8.31. The number of carbonyl (C=O) groups is 2. The molecule has 2 aromatic rings. The molecule has 35 heavy (non-hydrogen) atoms. The first-order valence-corrected chi connectivity index (χ1v) is 13.0. The van der Waals surface area contributed by atoms with Crippen molar-refractivity contribution in [2.24, 2.45) is 16.9 Å². The summed E-state index contributed by atoms with van der Waals surface area (Å²) in [5, 5.41) is 6.18. The van der Waals surface area contributed by atoms with E-state index < -0.39 is 0 Å². The number of hydrogen-bond acceptors (Lipinski definition) is 3. The molecule has 2 aromatic carbocycles. The summed E-state index contributed by atoms with van der Waals surface area (Å²) < 4.78 is 0. The molecule has 1 atom stereocenters. The van der Waals surface area contributed by atoms with Gasteiger partial charge in [-0.3, -0.25) is 9.59 Å². The van der Waals surface area contributed by atoms with Gasteiger partial charge in [-0.05, 0) is 62.1 Å². The van der Waals surface area contributed by atoms with Gasteiger partial charge >= 0.3 is 0 Å². The number of rotatable bonds is 8. The topological polar surface area (TPSA) is 53.0 Å². The molecule has 0 aliphatic carbocycles. The summed E-state index contributed by atoms with van der Waals surface area (Å²) in [7, 11) is 0. The van der Waals surface area contributed by atoms with E-state index in [1.807, 2.05) is 72.5 Å². The second-order valence-corrected chi connectivity index (χ2v) is 9.95. The van der Waals surface area contributed by atoms with Crippen LogP contribution in [0.2, 0.25) is 0 Å². The van der Waals surface area contributed by atoms with Gasteiger partial charge in [-0.1, -0.05) is 68.8 Å². The lowest BCUT2D eigenvalue weighted by Gasteiger charge is -2.33. The van der Waals surface area contributed by atoms with Gasteiger partial charge in [-0.2, -0.15) is 10.1 Å². The van der Waals surface area contributed by atoms with Crippen LogP contribution >= 0.6 is 0 Å². The summed E-state index contributed by atoms with van der Waals surface area (Å²) in [5.41, 5.74) is 4.00. The molecule has 1 unspecified atom stereocenters. The molecule has 4 rings (SSSR count). The van der Waals surface area contributed by atoms with Crippen molar-refractivity contribution in [3.63, 3.8) is 0 Å². The Balaban J connectivity index is 1.44. The lowest BCUT2D eigenvalue weighted by atomic mass is 9.87. The molecular weight excluding hydrogens is 434 g/mol. The van der Waals surface area contributed by atoms with Crippen LogP contribution in [-0.4, -0.2) is 35.5 Å². The monoisotopic (exact) mass is 471 g/mol. The summed E-state index contributed by atoms with van der Waals surface area (Å²) in [5.74, 6) is 1.54. The highest BCUT2D eigenvalue weighted by Crippen LogP contribution is 2.29. The number of nitrogens with zero attached hydrogens (tertiary/aromatic N) is 3. The molecule has 0 N–H and O–H groups in total. The molecule has 0 aromatic heterocycles. The van der Waals surface area contributed by atoms with Crippen molar-refractivity contribution in [2.75, 3.05) is 18.1 Å². The van der Waals surface area contributed by atoms with Gasteiger partial charge in [0.05, 0.1) is 11.3 Å². The van der Waals surface area contributed by atoms with Crippen LogP contribution in [0.5, 0.6) is 0 Å². The van der Waals surface area contributed by atoms with E-state index in [9.17, 15) is 9.59 Å². The van der Waals surface area contributed by atoms with Gasteiger partial charge in [0, 0.05) is 25.1 Å². The van der Waals surface area contributed by atoms with Gasteiger partial charge in [0.1, 0.15) is 5.71 Å². The minimum atomic E-state index is -0.146. The smallest absolute Gasteiger partial charge is 0.280 e. The number of amides is 2. The standard InChI is InChI=1S/C30H37N3O2/c1-4-22(2)21-24-17-19-32(20-18-24)28(34)16-10-15-27-29(26-14-9-8-11-23(26)3)31-33(30(27)35)25-12-6-5-7-13-25/h5-9,11-15,22,24H,4,10,16-21H2,1-3H3/b27-15+. The zero-order valence-corrected chi connectivity index (χ0v) is 21.2. The Bertz CT molecular complexity index is 1100. The lowest BCUT2D eigenvalue weighted by molar-refractivity contribution is -0.132. The predicted molar refractivity (Wildman–Crippen MR) is 142 cm³/mol. The summed E-state index contributed by atoms with van der Waals surface area (Å²) in [4.78, 5) is 28.3. The third kappa shape index (κ3) is 5.90. The van der Waals surface area contributed by atoms with E-state index >= 15 is 0 Å². The van der Waals surface area contributed by atoms with E-state index in [2.05, 4.69) is 13.8 Å². The number of aryl methyl sites for hydroxylation is 1. The Kier molecular flexibility index (Phi) is 8.17. The molecule has 184 valence electrons. The predicted octanol–water partition coefficient (Wildman–Crippen LogP) is 6.13. The van der Waals surface area contributed by atoms with E-state index in [-0.39, 0.29) is 11.8 Å². The number of para-hydroxylation sites is 1. The van der Waals surface area contributed by atoms with Gasteiger partial charge in [0.2, 0.25) is 5.91 Å². The van der Waals surface area contributed by atoms with Crippen LogP contribution in [0, 0.1) is 18.8 Å². The molecular formula is C30H37N3O2. The first-order valence-electron chi connectivity index (χ1n) is 13.0. The quantitative estimate of drug-likeness (QED) is 0.435. The number of piperidine rings is 1. The van der Waals surface area contributed by atoms with E-state index in [1.54, 1.807) is 0 Å². The SMILES string of the molecule is CCC(C)CC1CCN(C(=O)CC/C=C2/C(=O)N(c3ccccc3)N=C2c2ccccc2C)CC1. The maximum atomic E-state index is 13.4. The molecule has 0 radical (unpaired) electrons. The highest BCUT2D eigenvalue weighted by atomic mass is 16.2. The second-order valence-electron chi connectivity index (χ2n) is 9.95. The maximum absolute atomic E-state index is 13.4. The Morgan fingerprint density at radius 2 is 1.77 bits per heavy atom. The number of hydrogen-bond donors (Lipinski definition) is 0. The normalized spacial score (nSPS) is 18.8. The maximum Gasteiger partial charge on any atom is 0.280 e. The molecule has 2 aliphatic heterocycles. The van der Waals surface area contributed by atoms with Crippen molar-refractivity contribution >= 4 is 23.2 Å². The molecule has 5 heteroatoms. The van der Waals surface area contributed by atoms with Gasteiger partial charge in [-0.15, -0.1) is 0 Å². The Morgan fingerprint density at radius 1 is 1.09 bits per heavy atom. The van der Waals surface area contributed by atoms with Crippen LogP contribution in [0.4, 0.5) is 5.69 Å². The molecule has 5 nitrogen and oxygen atoms in total. The molecule has 2 amide bonds. The highest BCUT2D eigenvalue weighted by Gasteiger charge is 2.32. The molecule has 0 bridgehead atoms. The minimum Gasteiger partial charge on any atom is -0.343 e. The van der Waals surface area contributed by atoms with Crippen molar-refractivity contribution in [2.45, 2.75) is 59.3 Å². The Hall–Kier alpha value is -3.21. The molecule has 0 saturated carbocycles. The van der Waals surface area contributed by atoms with Gasteiger partial charge < -0.3 is 4.90 Å². The number of allylic oxidation sites excluding steroid dienone is 1. The zero-order valence-electron chi connectivity index (χ0n) is 21.2. The molecule has 2 heterocycles. The first kappa shape index (κ1) is 24.9. The third-order valence-corrected chi connectivity index (χ3v) is 7.39. The first-order chi connectivity index (χ1) is 17.0. The van der Waals surface area contributed by atoms with Crippen molar-refractivity contribution < 1.29 is 9.59 Å². The van der Waals surface area contributed by atoms with Gasteiger partial charge in [0.25, 0.3) is 5.91 Å². The van der Waals surface area contributed by atoms with Crippen molar-refractivity contribution in [3.8, 4) is 0 Å². The van der Waals surface area contributed by atoms with E-state index in [4.69, 9.17) is 5.10 Å². The van der Waals surface area contributed by atoms with Crippen LogP contribution in [0.1, 0.15) is 63.5 Å². The average molecular weight is 472 g/mol. The molecule has 1 saturated heterocycles. The summed E-state index contributed by atoms with van der Waals surface area (Å²) >= 11 is 0. The third-order valence-electron chi connectivity index (χ3n) is 7.39.